The maximum atomic E-state index is 11.1. The first-order valence-electron chi connectivity index (χ1n) is 6.05. The van der Waals surface area contributed by atoms with Crippen molar-refractivity contribution >= 4 is 11.5 Å². The number of methoxy groups -OCH3 is 1. The van der Waals surface area contributed by atoms with Crippen molar-refractivity contribution in [2.75, 3.05) is 13.7 Å². The first-order chi connectivity index (χ1) is 9.08. The molecule has 0 radical (unpaired) electrons. The SMILES string of the molecule is CCC(=O)CCCOc1ccc(OC)c([N+](=O)[O-])c1. The van der Waals surface area contributed by atoms with Crippen LogP contribution in [-0.2, 0) is 4.79 Å². The van der Waals surface area contributed by atoms with Crippen molar-refractivity contribution in [2.24, 2.45) is 0 Å². The lowest BCUT2D eigenvalue weighted by atomic mass is 10.2. The maximum Gasteiger partial charge on any atom is 0.314 e. The van der Waals surface area contributed by atoms with E-state index in [1.807, 2.05) is 6.92 Å². The molecule has 0 unspecified atom stereocenters. The monoisotopic (exact) mass is 267 g/mol. The van der Waals surface area contributed by atoms with Crippen LogP contribution in [0.25, 0.3) is 0 Å². The van der Waals surface area contributed by atoms with E-state index in [1.54, 1.807) is 6.07 Å². The van der Waals surface area contributed by atoms with Crippen LogP contribution < -0.4 is 9.47 Å². The van der Waals surface area contributed by atoms with E-state index in [1.165, 1.54) is 19.2 Å². The lowest BCUT2D eigenvalue weighted by Gasteiger charge is -2.07. The van der Waals surface area contributed by atoms with Crippen LogP contribution in [-0.4, -0.2) is 24.4 Å². The summed E-state index contributed by atoms with van der Waals surface area (Å²) in [6, 6.07) is 4.42. The Kier molecular flexibility index (Phi) is 5.78. The minimum atomic E-state index is -0.522. The summed E-state index contributed by atoms with van der Waals surface area (Å²) in [5, 5.41) is 10.8. The normalized spacial score (nSPS) is 10.0. The molecule has 1 aromatic carbocycles. The Balaban J connectivity index is 2.57. The first kappa shape index (κ1) is 14.9. The number of ketones is 1. The summed E-state index contributed by atoms with van der Waals surface area (Å²) in [5.74, 6) is 0.777. The second kappa shape index (κ2) is 7.35. The van der Waals surface area contributed by atoms with Crippen LogP contribution in [0.15, 0.2) is 18.2 Å². The Labute approximate surface area is 111 Å². The molecular formula is C13H17NO5. The number of carbonyl (C=O) groups excluding carboxylic acids is 1. The van der Waals surface area contributed by atoms with Crippen LogP contribution in [0.3, 0.4) is 0 Å². The number of carbonyl (C=O) groups is 1. The van der Waals surface area contributed by atoms with Crippen molar-refractivity contribution < 1.29 is 19.2 Å². The highest BCUT2D eigenvalue weighted by Gasteiger charge is 2.15. The average molecular weight is 267 g/mol. The molecule has 6 nitrogen and oxygen atoms in total. The van der Waals surface area contributed by atoms with Crippen LogP contribution in [0, 0.1) is 10.1 Å². The lowest BCUT2D eigenvalue weighted by molar-refractivity contribution is -0.385. The van der Waals surface area contributed by atoms with Gasteiger partial charge in [0.1, 0.15) is 11.5 Å². The fraction of sp³-hybridized carbons (Fsp3) is 0.462. The van der Waals surface area contributed by atoms with E-state index in [9.17, 15) is 14.9 Å². The zero-order valence-corrected chi connectivity index (χ0v) is 11.0. The fourth-order valence-corrected chi connectivity index (χ4v) is 1.54. The van der Waals surface area contributed by atoms with Gasteiger partial charge in [-0.3, -0.25) is 14.9 Å². The third kappa shape index (κ3) is 4.57. The predicted octanol–water partition coefficient (Wildman–Crippen LogP) is 2.74. The molecule has 0 aliphatic carbocycles. The molecule has 0 aliphatic rings. The van der Waals surface area contributed by atoms with Crippen molar-refractivity contribution in [1.29, 1.82) is 0 Å². The Morgan fingerprint density at radius 2 is 2.16 bits per heavy atom. The fourth-order valence-electron chi connectivity index (χ4n) is 1.54. The summed E-state index contributed by atoms with van der Waals surface area (Å²) in [5.41, 5.74) is -0.135. The molecule has 0 bridgehead atoms. The van der Waals surface area contributed by atoms with Gasteiger partial charge >= 0.3 is 5.69 Å². The van der Waals surface area contributed by atoms with Gasteiger partial charge in [0.05, 0.1) is 24.7 Å². The minimum Gasteiger partial charge on any atom is -0.493 e. The van der Waals surface area contributed by atoms with Crippen LogP contribution >= 0.6 is 0 Å². The van der Waals surface area contributed by atoms with Crippen LogP contribution in [0.1, 0.15) is 26.2 Å². The van der Waals surface area contributed by atoms with E-state index in [-0.39, 0.29) is 17.2 Å². The Bertz CT molecular complexity index is 458. The quantitative estimate of drug-likeness (QED) is 0.411. The number of hydrogen-bond acceptors (Lipinski definition) is 5. The first-order valence-corrected chi connectivity index (χ1v) is 6.05. The van der Waals surface area contributed by atoms with Gasteiger partial charge in [0.25, 0.3) is 0 Å². The highest BCUT2D eigenvalue weighted by Crippen LogP contribution is 2.30. The lowest BCUT2D eigenvalue weighted by Crippen LogP contribution is -2.02. The Hall–Kier alpha value is -2.11. The third-order valence-electron chi connectivity index (χ3n) is 2.61. The van der Waals surface area contributed by atoms with Crippen molar-refractivity contribution in [2.45, 2.75) is 26.2 Å². The molecule has 19 heavy (non-hydrogen) atoms. The molecule has 1 rings (SSSR count). The number of nitro groups is 1. The number of hydrogen-bond donors (Lipinski definition) is 0. The van der Waals surface area contributed by atoms with Gasteiger partial charge in [-0.05, 0) is 18.6 Å². The number of Topliss-reactive ketones (excluding diaryl/α,β-unsaturated/α-hetero) is 1. The van der Waals surface area contributed by atoms with Gasteiger partial charge < -0.3 is 9.47 Å². The van der Waals surface area contributed by atoms with Crippen molar-refractivity contribution in [3.63, 3.8) is 0 Å². The van der Waals surface area contributed by atoms with E-state index in [4.69, 9.17) is 9.47 Å². The molecule has 0 aromatic heterocycles. The summed E-state index contributed by atoms with van der Waals surface area (Å²) >= 11 is 0. The van der Waals surface area contributed by atoms with E-state index >= 15 is 0 Å². The topological polar surface area (TPSA) is 78.7 Å². The molecule has 0 saturated heterocycles. The molecule has 0 amide bonds. The minimum absolute atomic E-state index is 0.135. The summed E-state index contributed by atoms with van der Waals surface area (Å²) in [6.45, 7) is 2.17. The molecule has 0 saturated carbocycles. The van der Waals surface area contributed by atoms with Gasteiger partial charge in [-0.15, -0.1) is 0 Å². The Morgan fingerprint density at radius 1 is 1.42 bits per heavy atom. The van der Waals surface area contributed by atoms with Crippen LogP contribution in [0.2, 0.25) is 0 Å². The van der Waals surface area contributed by atoms with E-state index < -0.39 is 4.92 Å². The maximum absolute atomic E-state index is 11.1. The second-order valence-electron chi connectivity index (χ2n) is 3.94. The highest BCUT2D eigenvalue weighted by atomic mass is 16.6. The molecule has 0 atom stereocenters. The van der Waals surface area contributed by atoms with Crippen molar-refractivity contribution in [3.05, 3.63) is 28.3 Å². The summed E-state index contributed by atoms with van der Waals surface area (Å²) in [7, 11) is 1.37. The molecule has 0 spiro atoms. The van der Waals surface area contributed by atoms with Gasteiger partial charge in [-0.1, -0.05) is 6.92 Å². The van der Waals surface area contributed by atoms with Crippen LogP contribution in [0.4, 0.5) is 5.69 Å². The molecule has 0 heterocycles. The molecule has 104 valence electrons. The van der Waals surface area contributed by atoms with Gasteiger partial charge in [0, 0.05) is 12.8 Å². The largest absolute Gasteiger partial charge is 0.493 e. The number of rotatable bonds is 8. The standard InChI is InChI=1S/C13H17NO5/c1-3-10(15)5-4-8-19-11-6-7-13(18-2)12(9-11)14(16)17/h6-7,9H,3-5,8H2,1-2H3. The third-order valence-corrected chi connectivity index (χ3v) is 2.61. The zero-order chi connectivity index (χ0) is 14.3. The van der Waals surface area contributed by atoms with Gasteiger partial charge in [-0.2, -0.15) is 0 Å². The smallest absolute Gasteiger partial charge is 0.314 e. The second-order valence-corrected chi connectivity index (χ2v) is 3.94. The van der Waals surface area contributed by atoms with E-state index in [0.717, 1.165) is 0 Å². The van der Waals surface area contributed by atoms with E-state index in [2.05, 4.69) is 0 Å². The number of nitro benzene ring substituents is 1. The molecule has 0 aliphatic heterocycles. The molecule has 0 N–H and O–H groups in total. The average Bonchev–Trinajstić information content (AvgIpc) is 2.42. The number of ether oxygens (including phenoxy) is 2. The molecule has 0 fully saturated rings. The van der Waals surface area contributed by atoms with Crippen LogP contribution in [0.5, 0.6) is 11.5 Å². The summed E-state index contributed by atoms with van der Waals surface area (Å²) < 4.78 is 10.3. The number of nitrogens with zero attached hydrogens (tertiary/aromatic N) is 1. The summed E-state index contributed by atoms with van der Waals surface area (Å²) in [4.78, 5) is 21.4. The van der Waals surface area contributed by atoms with Crippen molar-refractivity contribution in [1.82, 2.24) is 0 Å². The summed E-state index contributed by atoms with van der Waals surface area (Å²) in [6.07, 6.45) is 1.59. The number of benzene rings is 1. The van der Waals surface area contributed by atoms with Gasteiger partial charge in [-0.25, -0.2) is 0 Å². The predicted molar refractivity (Wildman–Crippen MR) is 69.7 cm³/mol. The van der Waals surface area contributed by atoms with E-state index in [0.29, 0.717) is 31.6 Å². The molecular weight excluding hydrogens is 250 g/mol. The van der Waals surface area contributed by atoms with Gasteiger partial charge in [0.2, 0.25) is 0 Å². The zero-order valence-electron chi connectivity index (χ0n) is 11.0. The highest BCUT2D eigenvalue weighted by molar-refractivity contribution is 5.77. The van der Waals surface area contributed by atoms with Crippen molar-refractivity contribution in [3.8, 4) is 11.5 Å². The Morgan fingerprint density at radius 3 is 2.74 bits per heavy atom. The molecule has 1 aromatic rings. The molecule has 6 heteroatoms. The van der Waals surface area contributed by atoms with Gasteiger partial charge in [0.15, 0.2) is 5.75 Å².